The second kappa shape index (κ2) is 6.70. The molecule has 0 radical (unpaired) electrons. The van der Waals surface area contributed by atoms with Crippen molar-refractivity contribution in [1.29, 1.82) is 0 Å². The van der Waals surface area contributed by atoms with Gasteiger partial charge in [-0.1, -0.05) is 18.5 Å². The van der Waals surface area contributed by atoms with Crippen LogP contribution in [-0.2, 0) is 11.8 Å². The number of hydrogen-bond donors (Lipinski definition) is 0. The molecule has 0 unspecified atom stereocenters. The van der Waals surface area contributed by atoms with Crippen LogP contribution >= 0.6 is 11.6 Å². The fraction of sp³-hybridized carbons (Fsp3) is 0.565. The molecule has 2 aliphatic heterocycles. The molecule has 2 aromatic rings. The Kier molecular flexibility index (Phi) is 4.40. The Morgan fingerprint density at radius 3 is 2.71 bits per heavy atom. The average Bonchev–Trinajstić information content (AvgIpc) is 3.21. The van der Waals surface area contributed by atoms with E-state index in [9.17, 15) is 0 Å². The summed E-state index contributed by atoms with van der Waals surface area (Å²) in [5.74, 6) is 1.66. The van der Waals surface area contributed by atoms with Gasteiger partial charge in [-0.05, 0) is 82.3 Å². The van der Waals surface area contributed by atoms with Crippen LogP contribution in [0.4, 0.5) is 11.5 Å². The van der Waals surface area contributed by atoms with Gasteiger partial charge in [0.2, 0.25) is 0 Å². The molecular weight excluding hydrogens is 368 g/mol. The Labute approximate surface area is 172 Å². The molecule has 5 heteroatoms. The molecule has 0 saturated carbocycles. The molecule has 1 aromatic heterocycles. The third-order valence-electron chi connectivity index (χ3n) is 7.27. The van der Waals surface area contributed by atoms with Gasteiger partial charge in [-0.3, -0.25) is 0 Å². The van der Waals surface area contributed by atoms with E-state index in [0.717, 1.165) is 36.9 Å². The highest BCUT2D eigenvalue weighted by Crippen LogP contribution is 2.52. The monoisotopic (exact) mass is 396 g/mol. The van der Waals surface area contributed by atoms with Crippen LogP contribution in [0.5, 0.6) is 0 Å². The van der Waals surface area contributed by atoms with Gasteiger partial charge in [-0.25, -0.2) is 9.97 Å². The summed E-state index contributed by atoms with van der Waals surface area (Å²) in [5, 5.41) is 0.840. The summed E-state index contributed by atoms with van der Waals surface area (Å²) in [4.78, 5) is 14.4. The molecule has 0 amide bonds. The Bertz CT molecular complexity index is 901. The maximum absolute atomic E-state index is 6.46. The van der Waals surface area contributed by atoms with Crippen molar-refractivity contribution in [3.63, 3.8) is 0 Å². The van der Waals surface area contributed by atoms with Crippen LogP contribution in [0.1, 0.15) is 62.8 Å². The van der Waals surface area contributed by atoms with E-state index in [2.05, 4.69) is 47.7 Å². The van der Waals surface area contributed by atoms with E-state index in [1.807, 2.05) is 6.07 Å². The summed E-state index contributed by atoms with van der Waals surface area (Å²) in [7, 11) is 0. The number of hydrogen-bond acceptors (Lipinski definition) is 4. The van der Waals surface area contributed by atoms with Crippen molar-refractivity contribution in [2.45, 2.75) is 63.8 Å². The number of aromatic nitrogens is 2. The van der Waals surface area contributed by atoms with E-state index in [0.29, 0.717) is 12.0 Å². The maximum Gasteiger partial charge on any atom is 0.140 e. The van der Waals surface area contributed by atoms with Gasteiger partial charge in [0.25, 0.3) is 0 Å². The van der Waals surface area contributed by atoms with E-state index in [1.54, 1.807) is 6.33 Å². The SMILES string of the molecule is CC(C)N1CCC2(CC1)CN(c1ncnc3c1[C@H](C)CC3)c1ccc(Cl)cc12. The van der Waals surface area contributed by atoms with Crippen LogP contribution in [-0.4, -0.2) is 40.5 Å². The lowest BCUT2D eigenvalue weighted by Crippen LogP contribution is -2.47. The number of nitrogens with zero attached hydrogens (tertiary/aromatic N) is 4. The molecule has 4 nitrogen and oxygen atoms in total. The molecule has 1 atom stereocenters. The molecule has 148 valence electrons. The van der Waals surface area contributed by atoms with E-state index >= 15 is 0 Å². The highest BCUT2D eigenvalue weighted by Gasteiger charge is 2.46. The maximum atomic E-state index is 6.46. The van der Waals surface area contributed by atoms with Crippen LogP contribution in [0.3, 0.4) is 0 Å². The second-order valence-corrected chi connectivity index (χ2v) is 9.59. The number of benzene rings is 1. The quantitative estimate of drug-likeness (QED) is 0.709. The van der Waals surface area contributed by atoms with Crippen LogP contribution in [0.2, 0.25) is 5.02 Å². The largest absolute Gasteiger partial charge is 0.325 e. The number of halogens is 1. The number of anilines is 2. The van der Waals surface area contributed by atoms with Crippen LogP contribution in [0, 0.1) is 0 Å². The first-order chi connectivity index (χ1) is 13.5. The minimum atomic E-state index is 0.172. The van der Waals surface area contributed by atoms with Crippen LogP contribution in [0.25, 0.3) is 0 Å². The Morgan fingerprint density at radius 1 is 1.18 bits per heavy atom. The zero-order valence-electron chi connectivity index (χ0n) is 17.1. The third kappa shape index (κ3) is 2.76. The predicted octanol–water partition coefficient (Wildman–Crippen LogP) is 5.07. The van der Waals surface area contributed by atoms with Crippen molar-refractivity contribution in [3.05, 3.63) is 46.4 Å². The van der Waals surface area contributed by atoms with Crippen molar-refractivity contribution in [3.8, 4) is 0 Å². The van der Waals surface area contributed by atoms with E-state index in [1.165, 1.54) is 41.8 Å². The molecule has 1 aromatic carbocycles. The lowest BCUT2D eigenvalue weighted by Gasteiger charge is -2.41. The molecule has 3 aliphatic rings. The van der Waals surface area contributed by atoms with Crippen molar-refractivity contribution < 1.29 is 0 Å². The molecule has 28 heavy (non-hydrogen) atoms. The van der Waals surface area contributed by atoms with Gasteiger partial charge in [-0.2, -0.15) is 0 Å². The number of likely N-dealkylation sites (tertiary alicyclic amines) is 1. The van der Waals surface area contributed by atoms with Crippen LogP contribution in [0.15, 0.2) is 24.5 Å². The van der Waals surface area contributed by atoms with Gasteiger partial charge in [0.15, 0.2) is 0 Å². The molecule has 1 spiro atoms. The Morgan fingerprint density at radius 2 is 1.96 bits per heavy atom. The number of rotatable bonds is 2. The topological polar surface area (TPSA) is 32.3 Å². The predicted molar refractivity (Wildman–Crippen MR) is 115 cm³/mol. The van der Waals surface area contributed by atoms with Gasteiger partial charge in [0.05, 0.1) is 0 Å². The average molecular weight is 397 g/mol. The fourth-order valence-electron chi connectivity index (χ4n) is 5.56. The summed E-state index contributed by atoms with van der Waals surface area (Å²) >= 11 is 6.46. The van der Waals surface area contributed by atoms with E-state index in [-0.39, 0.29) is 5.41 Å². The molecular formula is C23H29ClN4. The molecule has 1 aliphatic carbocycles. The third-order valence-corrected chi connectivity index (χ3v) is 7.51. The first-order valence-electron chi connectivity index (χ1n) is 10.6. The van der Waals surface area contributed by atoms with Crippen molar-refractivity contribution in [2.75, 3.05) is 24.5 Å². The first-order valence-corrected chi connectivity index (χ1v) is 11.0. The fourth-order valence-corrected chi connectivity index (χ4v) is 5.74. The normalized spacial score (nSPS) is 23.5. The van der Waals surface area contributed by atoms with Gasteiger partial charge < -0.3 is 9.80 Å². The Balaban J connectivity index is 1.58. The molecule has 0 bridgehead atoms. The highest BCUT2D eigenvalue weighted by molar-refractivity contribution is 6.30. The van der Waals surface area contributed by atoms with E-state index in [4.69, 9.17) is 16.6 Å². The molecule has 5 rings (SSSR count). The van der Waals surface area contributed by atoms with Crippen molar-refractivity contribution in [1.82, 2.24) is 14.9 Å². The van der Waals surface area contributed by atoms with Gasteiger partial charge in [-0.15, -0.1) is 0 Å². The lowest BCUT2D eigenvalue weighted by atomic mass is 9.74. The summed E-state index contributed by atoms with van der Waals surface area (Å²) in [6.07, 6.45) is 6.36. The summed E-state index contributed by atoms with van der Waals surface area (Å²) < 4.78 is 0. The van der Waals surface area contributed by atoms with Crippen molar-refractivity contribution >= 4 is 23.1 Å². The van der Waals surface area contributed by atoms with Crippen LogP contribution < -0.4 is 4.90 Å². The van der Waals surface area contributed by atoms with Gasteiger partial charge in [0.1, 0.15) is 12.1 Å². The zero-order valence-corrected chi connectivity index (χ0v) is 17.8. The molecule has 3 heterocycles. The summed E-state index contributed by atoms with van der Waals surface area (Å²) in [6, 6.07) is 7.06. The van der Waals surface area contributed by atoms with Gasteiger partial charge in [0, 0.05) is 40.0 Å². The second-order valence-electron chi connectivity index (χ2n) is 9.16. The lowest BCUT2D eigenvalue weighted by molar-refractivity contribution is 0.136. The number of piperidine rings is 1. The highest BCUT2D eigenvalue weighted by atomic mass is 35.5. The standard InChI is InChI=1S/C23H29ClN4/c1-15(2)27-10-8-23(9-11-27)13-28(20-7-5-17(24)12-18(20)23)22-21-16(3)4-6-19(21)25-14-26-22/h5,7,12,14-16H,4,6,8-11,13H2,1-3H3/t16-/m1/s1. The molecule has 0 N–H and O–H groups in total. The molecule has 1 saturated heterocycles. The minimum Gasteiger partial charge on any atom is -0.325 e. The molecule has 1 fully saturated rings. The Hall–Kier alpha value is -1.65. The van der Waals surface area contributed by atoms with E-state index < -0.39 is 0 Å². The first kappa shape index (κ1) is 18.4. The number of fused-ring (bicyclic) bond motifs is 3. The summed E-state index contributed by atoms with van der Waals surface area (Å²) in [6.45, 7) is 10.2. The van der Waals surface area contributed by atoms with Crippen molar-refractivity contribution in [2.24, 2.45) is 0 Å². The van der Waals surface area contributed by atoms with Gasteiger partial charge >= 0.3 is 0 Å². The smallest absolute Gasteiger partial charge is 0.140 e. The minimum absolute atomic E-state index is 0.172. The zero-order chi connectivity index (χ0) is 19.5. The summed E-state index contributed by atoms with van der Waals surface area (Å²) in [5.41, 5.74) is 5.48. The number of aryl methyl sites for hydroxylation is 1.